The standard InChI is InChI=1S/C19H42N.C5H10O2/c1-5-8-11-14-17-20(4,18-15-12-9-6-2)19-16-13-10-7-3;1-2-3-4-5(6)7/h5-19H2,1-4H3;2-4H2,1H3,(H,6,7)/q+1;. The minimum atomic E-state index is -0.693. The second-order valence-electron chi connectivity index (χ2n) is 8.47. The van der Waals surface area contributed by atoms with E-state index >= 15 is 0 Å². The Hall–Kier alpha value is -0.570. The van der Waals surface area contributed by atoms with Gasteiger partial charge in [0.25, 0.3) is 0 Å². The van der Waals surface area contributed by atoms with E-state index in [4.69, 9.17) is 5.11 Å². The Morgan fingerprint density at radius 1 is 0.593 bits per heavy atom. The lowest BCUT2D eigenvalue weighted by Crippen LogP contribution is -2.46. The van der Waals surface area contributed by atoms with E-state index in [-0.39, 0.29) is 0 Å². The van der Waals surface area contributed by atoms with E-state index in [2.05, 4.69) is 27.8 Å². The van der Waals surface area contributed by atoms with Crippen LogP contribution < -0.4 is 0 Å². The first-order chi connectivity index (χ1) is 13.0. The summed E-state index contributed by atoms with van der Waals surface area (Å²) in [5.74, 6) is -0.693. The monoisotopic (exact) mass is 386 g/mol. The minimum Gasteiger partial charge on any atom is -0.481 e. The van der Waals surface area contributed by atoms with Gasteiger partial charge in [-0.1, -0.05) is 72.6 Å². The number of carboxylic acid groups (broad SMARTS) is 1. The average molecular weight is 387 g/mol. The molecule has 0 unspecified atom stereocenters. The summed E-state index contributed by atoms with van der Waals surface area (Å²) >= 11 is 0. The molecule has 3 heteroatoms. The molecule has 0 spiro atoms. The van der Waals surface area contributed by atoms with Crippen molar-refractivity contribution in [3.63, 3.8) is 0 Å². The number of carbonyl (C=O) groups is 1. The van der Waals surface area contributed by atoms with Crippen molar-refractivity contribution in [2.75, 3.05) is 26.7 Å². The van der Waals surface area contributed by atoms with Gasteiger partial charge in [-0.15, -0.1) is 0 Å². The first kappa shape index (κ1) is 28.6. The zero-order chi connectivity index (χ0) is 20.8. The Bertz CT molecular complexity index is 273. The molecule has 0 aliphatic rings. The molecular formula is C24H52NO2+. The first-order valence-corrected chi connectivity index (χ1v) is 12.0. The summed E-state index contributed by atoms with van der Waals surface area (Å²) in [6.45, 7) is 13.1. The van der Waals surface area contributed by atoms with Crippen molar-refractivity contribution in [2.24, 2.45) is 0 Å². The highest BCUT2D eigenvalue weighted by Crippen LogP contribution is 2.14. The fraction of sp³-hybridized carbons (Fsp3) is 0.958. The van der Waals surface area contributed by atoms with Crippen LogP contribution in [0.4, 0.5) is 0 Å². The zero-order valence-corrected chi connectivity index (χ0v) is 19.5. The molecule has 0 heterocycles. The van der Waals surface area contributed by atoms with Crippen LogP contribution in [0.2, 0.25) is 0 Å². The van der Waals surface area contributed by atoms with E-state index in [0.717, 1.165) is 12.8 Å². The Morgan fingerprint density at radius 3 is 1.15 bits per heavy atom. The van der Waals surface area contributed by atoms with Crippen LogP contribution in [-0.4, -0.2) is 42.2 Å². The highest BCUT2D eigenvalue weighted by Gasteiger charge is 2.19. The smallest absolute Gasteiger partial charge is 0.303 e. The molecule has 0 aromatic rings. The molecule has 0 saturated carbocycles. The molecule has 0 atom stereocenters. The van der Waals surface area contributed by atoms with Gasteiger partial charge in [-0.05, 0) is 44.9 Å². The van der Waals surface area contributed by atoms with Crippen molar-refractivity contribution in [3.8, 4) is 0 Å². The summed E-state index contributed by atoms with van der Waals surface area (Å²) in [5.41, 5.74) is 0. The van der Waals surface area contributed by atoms with Gasteiger partial charge in [0.1, 0.15) is 0 Å². The van der Waals surface area contributed by atoms with Gasteiger partial charge in [0.05, 0.1) is 26.7 Å². The molecule has 0 aromatic carbocycles. The van der Waals surface area contributed by atoms with Gasteiger partial charge in [0.15, 0.2) is 0 Å². The molecule has 0 aliphatic carbocycles. The zero-order valence-electron chi connectivity index (χ0n) is 19.5. The molecule has 164 valence electrons. The summed E-state index contributed by atoms with van der Waals surface area (Å²) < 4.78 is 1.34. The molecule has 1 N–H and O–H groups in total. The fourth-order valence-corrected chi connectivity index (χ4v) is 3.42. The maximum absolute atomic E-state index is 9.76. The highest BCUT2D eigenvalue weighted by molar-refractivity contribution is 5.66. The largest absolute Gasteiger partial charge is 0.481 e. The predicted octanol–water partition coefficient (Wildman–Crippen LogP) is 7.44. The van der Waals surface area contributed by atoms with E-state index in [9.17, 15) is 4.79 Å². The number of hydrogen-bond donors (Lipinski definition) is 1. The molecule has 0 bridgehead atoms. The van der Waals surface area contributed by atoms with Crippen LogP contribution in [0, 0.1) is 0 Å². The summed E-state index contributed by atoms with van der Waals surface area (Å²) in [5, 5.41) is 8.04. The molecule has 0 rings (SSSR count). The number of carboxylic acids is 1. The van der Waals surface area contributed by atoms with Gasteiger partial charge >= 0.3 is 5.97 Å². The van der Waals surface area contributed by atoms with Crippen LogP contribution in [0.5, 0.6) is 0 Å². The van der Waals surface area contributed by atoms with Crippen molar-refractivity contribution >= 4 is 5.97 Å². The van der Waals surface area contributed by atoms with Gasteiger partial charge in [-0.3, -0.25) is 4.79 Å². The molecule has 0 aliphatic heterocycles. The number of aliphatic carboxylic acids is 1. The lowest BCUT2D eigenvalue weighted by molar-refractivity contribution is -0.910. The summed E-state index contributed by atoms with van der Waals surface area (Å²) in [6.07, 6.45) is 19.0. The third-order valence-corrected chi connectivity index (χ3v) is 5.40. The molecule has 27 heavy (non-hydrogen) atoms. The number of unbranched alkanes of at least 4 members (excludes halogenated alkanes) is 10. The summed E-state index contributed by atoms with van der Waals surface area (Å²) in [7, 11) is 2.52. The Balaban J connectivity index is 0. The molecular weight excluding hydrogens is 334 g/mol. The second-order valence-corrected chi connectivity index (χ2v) is 8.47. The fourth-order valence-electron chi connectivity index (χ4n) is 3.42. The van der Waals surface area contributed by atoms with Crippen LogP contribution in [-0.2, 0) is 4.79 Å². The van der Waals surface area contributed by atoms with Crippen molar-refractivity contribution < 1.29 is 14.4 Å². The Morgan fingerprint density at radius 2 is 0.926 bits per heavy atom. The van der Waals surface area contributed by atoms with Crippen molar-refractivity contribution in [1.29, 1.82) is 0 Å². The van der Waals surface area contributed by atoms with Crippen LogP contribution >= 0.6 is 0 Å². The van der Waals surface area contributed by atoms with Crippen molar-refractivity contribution in [2.45, 2.75) is 124 Å². The third-order valence-electron chi connectivity index (χ3n) is 5.40. The number of quaternary nitrogens is 1. The first-order valence-electron chi connectivity index (χ1n) is 12.0. The normalized spacial score (nSPS) is 11.1. The molecule has 0 amide bonds. The quantitative estimate of drug-likeness (QED) is 0.196. The number of nitrogens with zero attached hydrogens (tertiary/aromatic N) is 1. The van der Waals surface area contributed by atoms with E-state index in [1.807, 2.05) is 6.92 Å². The second kappa shape index (κ2) is 21.7. The molecule has 3 nitrogen and oxygen atoms in total. The summed E-state index contributed by atoms with van der Waals surface area (Å²) in [4.78, 5) is 9.76. The van der Waals surface area contributed by atoms with Crippen LogP contribution in [0.15, 0.2) is 0 Å². The van der Waals surface area contributed by atoms with Gasteiger partial charge in [-0.2, -0.15) is 0 Å². The maximum Gasteiger partial charge on any atom is 0.303 e. The van der Waals surface area contributed by atoms with E-state index < -0.39 is 5.97 Å². The average Bonchev–Trinajstić information content (AvgIpc) is 2.65. The van der Waals surface area contributed by atoms with Crippen molar-refractivity contribution in [3.05, 3.63) is 0 Å². The number of hydrogen-bond acceptors (Lipinski definition) is 1. The third kappa shape index (κ3) is 23.4. The van der Waals surface area contributed by atoms with Crippen LogP contribution in [0.3, 0.4) is 0 Å². The molecule has 0 radical (unpaired) electrons. The molecule has 0 fully saturated rings. The van der Waals surface area contributed by atoms with Crippen LogP contribution in [0.25, 0.3) is 0 Å². The lowest BCUT2D eigenvalue weighted by atomic mass is 10.1. The van der Waals surface area contributed by atoms with Crippen LogP contribution in [0.1, 0.15) is 124 Å². The predicted molar refractivity (Wildman–Crippen MR) is 120 cm³/mol. The minimum absolute atomic E-state index is 0.316. The molecule has 0 saturated heterocycles. The number of rotatable bonds is 18. The van der Waals surface area contributed by atoms with Gasteiger partial charge in [0, 0.05) is 6.42 Å². The van der Waals surface area contributed by atoms with E-state index in [1.54, 1.807) is 0 Å². The van der Waals surface area contributed by atoms with Gasteiger partial charge in [0.2, 0.25) is 0 Å². The van der Waals surface area contributed by atoms with E-state index in [1.165, 1.54) is 101 Å². The molecule has 0 aromatic heterocycles. The van der Waals surface area contributed by atoms with Crippen molar-refractivity contribution in [1.82, 2.24) is 0 Å². The van der Waals surface area contributed by atoms with E-state index in [0.29, 0.717) is 6.42 Å². The summed E-state index contributed by atoms with van der Waals surface area (Å²) in [6, 6.07) is 0. The van der Waals surface area contributed by atoms with Gasteiger partial charge < -0.3 is 9.59 Å². The lowest BCUT2D eigenvalue weighted by Gasteiger charge is -2.35. The topological polar surface area (TPSA) is 37.3 Å². The van der Waals surface area contributed by atoms with Gasteiger partial charge in [-0.25, -0.2) is 0 Å². The maximum atomic E-state index is 9.76. The SMILES string of the molecule is CCCCC(=O)O.CCCCCC[N+](C)(CCCCCC)CCCCCC. The highest BCUT2D eigenvalue weighted by atomic mass is 16.4. The Labute approximate surface area is 171 Å². The Kier molecular flexibility index (Phi) is 23.0.